The number of unbranched alkanes of at least 4 members (excludes halogenated alkanes) is 6. The van der Waals surface area contributed by atoms with Gasteiger partial charge >= 0.3 is 11.9 Å². The number of benzene rings is 1. The lowest BCUT2D eigenvalue weighted by Crippen LogP contribution is -2.11. The van der Waals surface area contributed by atoms with Crippen molar-refractivity contribution in [3.8, 4) is 0 Å². The molecule has 0 radical (unpaired) electrons. The maximum Gasteiger partial charge on any atom is 0.306 e. The third kappa shape index (κ3) is 10.0. The van der Waals surface area contributed by atoms with Crippen LogP contribution in [0.15, 0.2) is 12.1 Å². The molecule has 0 bridgehead atoms. The summed E-state index contributed by atoms with van der Waals surface area (Å²) < 4.78 is 49.1. The molecule has 0 aliphatic heterocycles. The summed E-state index contributed by atoms with van der Waals surface area (Å²) in [6, 6.07) is 1.02. The van der Waals surface area contributed by atoms with Gasteiger partial charge in [0.1, 0.15) is 12.4 Å². The summed E-state index contributed by atoms with van der Waals surface area (Å²) in [5.74, 6) is -4.79. The Hall–Kier alpha value is -2.05. The molecule has 0 spiro atoms. The van der Waals surface area contributed by atoms with Crippen LogP contribution in [0.2, 0.25) is 0 Å². The summed E-state index contributed by atoms with van der Waals surface area (Å²) in [5, 5.41) is 0. The van der Waals surface area contributed by atoms with E-state index in [2.05, 4.69) is 6.92 Å². The zero-order valence-electron chi connectivity index (χ0n) is 15.7. The number of carbonyl (C=O) groups excluding carboxylic acids is 2. The van der Waals surface area contributed by atoms with Gasteiger partial charge in [0, 0.05) is 11.6 Å². The lowest BCUT2D eigenvalue weighted by Gasteiger charge is -2.07. The Bertz CT molecular complexity index is 605. The fraction of sp³-hybridized carbons (Fsp3) is 0.600. The second kappa shape index (κ2) is 13.2. The molecule has 27 heavy (non-hydrogen) atoms. The number of hydrogen-bond donors (Lipinski definition) is 0. The van der Waals surface area contributed by atoms with Crippen LogP contribution in [-0.2, 0) is 25.7 Å². The molecule has 0 heterocycles. The van der Waals surface area contributed by atoms with E-state index >= 15 is 0 Å². The largest absolute Gasteiger partial charge is 0.466 e. The first kappa shape index (κ1) is 23.0. The summed E-state index contributed by atoms with van der Waals surface area (Å²) in [4.78, 5) is 23.1. The van der Waals surface area contributed by atoms with Crippen LogP contribution in [0.4, 0.5) is 13.2 Å². The lowest BCUT2D eigenvalue weighted by atomic mass is 10.1. The number of rotatable bonds is 13. The molecule has 0 aromatic heterocycles. The van der Waals surface area contributed by atoms with Gasteiger partial charge in [0.15, 0.2) is 11.6 Å². The van der Waals surface area contributed by atoms with Gasteiger partial charge in [-0.15, -0.1) is 0 Å². The Morgan fingerprint density at radius 2 is 1.33 bits per heavy atom. The highest BCUT2D eigenvalue weighted by atomic mass is 19.2. The quantitative estimate of drug-likeness (QED) is 0.264. The molecule has 0 unspecified atom stereocenters. The number of hydrogen-bond acceptors (Lipinski definition) is 4. The van der Waals surface area contributed by atoms with E-state index in [-0.39, 0.29) is 18.4 Å². The van der Waals surface area contributed by atoms with Crippen molar-refractivity contribution in [2.45, 2.75) is 71.3 Å². The van der Waals surface area contributed by atoms with Gasteiger partial charge in [-0.25, -0.2) is 13.2 Å². The van der Waals surface area contributed by atoms with E-state index in [1.807, 2.05) is 0 Å². The third-order valence-corrected chi connectivity index (χ3v) is 4.02. The standard InChI is InChI=1S/C20H27F3O4/c1-2-3-4-5-6-7-8-11-26-19(24)9-10-20(25)27-14-15-12-17(22)18(23)13-16(15)21/h12-13H,2-11,14H2,1H3. The lowest BCUT2D eigenvalue weighted by molar-refractivity contribution is -0.151. The molecule has 0 aliphatic carbocycles. The van der Waals surface area contributed by atoms with Gasteiger partial charge in [0.25, 0.3) is 0 Å². The highest BCUT2D eigenvalue weighted by molar-refractivity contribution is 5.77. The average Bonchev–Trinajstić information content (AvgIpc) is 2.64. The zero-order chi connectivity index (χ0) is 20.1. The minimum Gasteiger partial charge on any atom is -0.466 e. The van der Waals surface area contributed by atoms with Crippen molar-refractivity contribution >= 4 is 11.9 Å². The van der Waals surface area contributed by atoms with E-state index in [0.717, 1.165) is 19.3 Å². The SMILES string of the molecule is CCCCCCCCCOC(=O)CCC(=O)OCc1cc(F)c(F)cc1F. The topological polar surface area (TPSA) is 52.6 Å². The Balaban J connectivity index is 2.12. The maximum absolute atomic E-state index is 13.4. The molecular formula is C20H27F3O4. The molecule has 4 nitrogen and oxygen atoms in total. The summed E-state index contributed by atoms with van der Waals surface area (Å²) in [6.45, 7) is 1.95. The van der Waals surface area contributed by atoms with Crippen molar-refractivity contribution in [3.05, 3.63) is 35.1 Å². The fourth-order valence-electron chi connectivity index (χ4n) is 2.43. The molecule has 0 saturated carbocycles. The summed E-state index contributed by atoms with van der Waals surface area (Å²) in [6.07, 6.45) is 7.40. The molecule has 7 heteroatoms. The van der Waals surface area contributed by atoms with Gasteiger partial charge in [-0.3, -0.25) is 9.59 Å². The number of ether oxygens (including phenoxy) is 2. The van der Waals surface area contributed by atoms with E-state index in [9.17, 15) is 22.8 Å². The second-order valence-electron chi connectivity index (χ2n) is 6.36. The second-order valence-corrected chi connectivity index (χ2v) is 6.36. The first-order chi connectivity index (χ1) is 12.9. The minimum atomic E-state index is -1.31. The van der Waals surface area contributed by atoms with Crippen molar-refractivity contribution in [2.75, 3.05) is 6.61 Å². The maximum atomic E-state index is 13.4. The molecule has 0 amide bonds. The van der Waals surface area contributed by atoms with Crippen molar-refractivity contribution in [2.24, 2.45) is 0 Å². The molecule has 0 aliphatic rings. The third-order valence-electron chi connectivity index (χ3n) is 4.02. The number of halogens is 3. The number of carbonyl (C=O) groups is 2. The summed E-state index contributed by atoms with van der Waals surface area (Å²) in [5.41, 5.74) is -0.274. The van der Waals surface area contributed by atoms with Crippen molar-refractivity contribution in [1.82, 2.24) is 0 Å². The Kier molecular flexibility index (Phi) is 11.2. The Morgan fingerprint density at radius 3 is 2.00 bits per heavy atom. The van der Waals surface area contributed by atoms with Crippen LogP contribution in [0.5, 0.6) is 0 Å². The van der Waals surface area contributed by atoms with Crippen molar-refractivity contribution in [3.63, 3.8) is 0 Å². The van der Waals surface area contributed by atoms with Crippen LogP contribution in [-0.4, -0.2) is 18.5 Å². The van der Waals surface area contributed by atoms with Gasteiger partial charge in [0.2, 0.25) is 0 Å². The van der Waals surface area contributed by atoms with Crippen LogP contribution in [0.3, 0.4) is 0 Å². The first-order valence-electron chi connectivity index (χ1n) is 9.38. The summed E-state index contributed by atoms with van der Waals surface area (Å²) in [7, 11) is 0. The van der Waals surface area contributed by atoms with E-state index in [0.29, 0.717) is 18.7 Å². The van der Waals surface area contributed by atoms with E-state index < -0.39 is 36.0 Å². The predicted molar refractivity (Wildman–Crippen MR) is 94.3 cm³/mol. The van der Waals surface area contributed by atoms with Gasteiger partial charge in [-0.05, 0) is 12.5 Å². The Morgan fingerprint density at radius 1 is 0.778 bits per heavy atom. The van der Waals surface area contributed by atoms with Crippen LogP contribution in [0.25, 0.3) is 0 Å². The molecule has 0 N–H and O–H groups in total. The van der Waals surface area contributed by atoms with Crippen LogP contribution >= 0.6 is 0 Å². The molecule has 1 aromatic rings. The van der Waals surface area contributed by atoms with Gasteiger partial charge in [0.05, 0.1) is 19.4 Å². The Labute approximate surface area is 158 Å². The van der Waals surface area contributed by atoms with Gasteiger partial charge in [-0.1, -0.05) is 45.4 Å². The van der Waals surface area contributed by atoms with E-state index in [1.165, 1.54) is 25.7 Å². The summed E-state index contributed by atoms with van der Waals surface area (Å²) >= 11 is 0. The number of esters is 2. The molecule has 1 aromatic carbocycles. The molecule has 0 saturated heterocycles. The van der Waals surface area contributed by atoms with Crippen molar-refractivity contribution in [1.29, 1.82) is 0 Å². The van der Waals surface area contributed by atoms with E-state index in [4.69, 9.17) is 9.47 Å². The molecule has 1 rings (SSSR count). The highest BCUT2D eigenvalue weighted by Gasteiger charge is 2.13. The van der Waals surface area contributed by atoms with Gasteiger partial charge < -0.3 is 9.47 Å². The zero-order valence-corrected chi connectivity index (χ0v) is 15.7. The highest BCUT2D eigenvalue weighted by Crippen LogP contribution is 2.15. The monoisotopic (exact) mass is 388 g/mol. The average molecular weight is 388 g/mol. The predicted octanol–water partition coefficient (Wildman–Crippen LogP) is 5.22. The van der Waals surface area contributed by atoms with Crippen LogP contribution < -0.4 is 0 Å². The molecule has 152 valence electrons. The molecule has 0 fully saturated rings. The smallest absolute Gasteiger partial charge is 0.306 e. The fourth-order valence-corrected chi connectivity index (χ4v) is 2.43. The minimum absolute atomic E-state index is 0.143. The molecular weight excluding hydrogens is 361 g/mol. The van der Waals surface area contributed by atoms with E-state index in [1.54, 1.807) is 0 Å². The first-order valence-corrected chi connectivity index (χ1v) is 9.38. The van der Waals surface area contributed by atoms with Crippen LogP contribution in [0.1, 0.15) is 70.3 Å². The normalized spacial score (nSPS) is 10.7. The van der Waals surface area contributed by atoms with Crippen LogP contribution in [0, 0.1) is 17.5 Å². The molecule has 0 atom stereocenters. The van der Waals surface area contributed by atoms with Gasteiger partial charge in [-0.2, -0.15) is 0 Å². The van der Waals surface area contributed by atoms with Crippen molar-refractivity contribution < 1.29 is 32.2 Å².